The van der Waals surface area contributed by atoms with Gasteiger partial charge in [0.25, 0.3) is 0 Å². The summed E-state index contributed by atoms with van der Waals surface area (Å²) in [5.41, 5.74) is 0.611. The normalized spacial score (nSPS) is 11.6. The molecule has 0 saturated carbocycles. The minimum Gasteiger partial charge on any atom is -0.375 e. The van der Waals surface area contributed by atoms with Crippen molar-refractivity contribution in [3.05, 3.63) is 49.2 Å². The molecule has 0 atom stereocenters. The van der Waals surface area contributed by atoms with Gasteiger partial charge in [0.2, 0.25) is 0 Å². The number of aromatic nitrogens is 6. The van der Waals surface area contributed by atoms with E-state index >= 15 is 0 Å². The molecule has 3 aromatic heterocycles. The maximum atomic E-state index is 12.5. The molecule has 0 spiro atoms. The molecule has 3 heterocycles. The average molecular weight is 323 g/mol. The molecule has 10 heteroatoms. The molecule has 23 heavy (non-hydrogen) atoms. The number of pyridine rings is 1. The maximum Gasteiger partial charge on any atom is 0.406 e. The molecule has 0 aliphatic rings. The van der Waals surface area contributed by atoms with Crippen LogP contribution in [-0.4, -0.2) is 35.5 Å². The Hall–Kier alpha value is -2.91. The van der Waals surface area contributed by atoms with E-state index in [2.05, 4.69) is 25.4 Å². The van der Waals surface area contributed by atoms with Crippen LogP contribution < -0.4 is 5.32 Å². The van der Waals surface area contributed by atoms with Gasteiger partial charge in [0.05, 0.1) is 12.2 Å². The molecule has 0 aliphatic heterocycles. The van der Waals surface area contributed by atoms with E-state index in [0.717, 1.165) is 4.57 Å². The molecule has 0 bridgehead atoms. The summed E-state index contributed by atoms with van der Waals surface area (Å²) < 4.78 is 40.1. The van der Waals surface area contributed by atoms with Gasteiger partial charge in [-0.3, -0.25) is 0 Å². The highest BCUT2D eigenvalue weighted by molar-refractivity contribution is 5.55. The van der Waals surface area contributed by atoms with Gasteiger partial charge in [-0.25, -0.2) is 19.6 Å². The quantitative estimate of drug-likeness (QED) is 0.778. The highest BCUT2D eigenvalue weighted by Gasteiger charge is 2.28. The van der Waals surface area contributed by atoms with Crippen LogP contribution in [-0.2, 0) is 13.1 Å². The Morgan fingerprint density at radius 3 is 2.78 bits per heavy atom. The van der Waals surface area contributed by atoms with E-state index < -0.39 is 12.7 Å². The Morgan fingerprint density at radius 2 is 2.04 bits per heavy atom. The summed E-state index contributed by atoms with van der Waals surface area (Å²) in [5.74, 6) is 0.773. The lowest BCUT2D eigenvalue weighted by atomic mass is 10.3. The molecule has 0 fully saturated rings. The summed E-state index contributed by atoms with van der Waals surface area (Å²) >= 11 is 0. The van der Waals surface area contributed by atoms with Crippen LogP contribution in [0, 0.1) is 0 Å². The number of imidazole rings is 1. The Labute approximate surface area is 128 Å². The van der Waals surface area contributed by atoms with Crippen molar-refractivity contribution >= 4 is 5.69 Å². The summed E-state index contributed by atoms with van der Waals surface area (Å²) in [7, 11) is 0. The molecular formula is C13H12F3N7. The van der Waals surface area contributed by atoms with Gasteiger partial charge >= 0.3 is 6.18 Å². The Balaban J connectivity index is 1.77. The van der Waals surface area contributed by atoms with Crippen molar-refractivity contribution < 1.29 is 13.2 Å². The van der Waals surface area contributed by atoms with Crippen LogP contribution >= 0.6 is 0 Å². The van der Waals surface area contributed by atoms with Crippen molar-refractivity contribution in [3.63, 3.8) is 0 Å². The Kier molecular flexibility index (Phi) is 3.96. The first-order valence-corrected chi connectivity index (χ1v) is 6.63. The highest BCUT2D eigenvalue weighted by atomic mass is 19.4. The largest absolute Gasteiger partial charge is 0.406 e. The molecule has 1 N–H and O–H groups in total. The monoisotopic (exact) mass is 323 g/mol. The molecule has 0 amide bonds. The first-order chi connectivity index (χ1) is 11.0. The van der Waals surface area contributed by atoms with Crippen LogP contribution in [0.3, 0.4) is 0 Å². The number of halogens is 3. The first-order valence-electron chi connectivity index (χ1n) is 6.63. The molecule has 7 nitrogen and oxygen atoms in total. The van der Waals surface area contributed by atoms with Crippen LogP contribution in [0.25, 0.3) is 5.82 Å². The predicted molar refractivity (Wildman–Crippen MR) is 74.8 cm³/mol. The van der Waals surface area contributed by atoms with Crippen molar-refractivity contribution in [1.29, 1.82) is 0 Å². The molecular weight excluding hydrogens is 311 g/mol. The standard InChI is InChI=1S/C13H12F3N7/c14-13(15,16)7-22-5-4-18-11(22)6-20-10-2-1-3-19-12(10)23-9-17-8-21-23/h1-5,8-9,20H,6-7H2. The van der Waals surface area contributed by atoms with Crippen molar-refractivity contribution in [2.45, 2.75) is 19.3 Å². The van der Waals surface area contributed by atoms with Crippen LogP contribution in [0.1, 0.15) is 5.82 Å². The Morgan fingerprint density at radius 1 is 1.17 bits per heavy atom. The lowest BCUT2D eigenvalue weighted by Crippen LogP contribution is -2.20. The molecule has 0 radical (unpaired) electrons. The van der Waals surface area contributed by atoms with Crippen molar-refractivity contribution in [2.75, 3.05) is 5.32 Å². The second-order valence-corrected chi connectivity index (χ2v) is 4.65. The number of hydrogen-bond donors (Lipinski definition) is 1. The SMILES string of the molecule is FC(F)(F)Cn1ccnc1CNc1cccnc1-n1cncn1. The number of alkyl halides is 3. The molecule has 0 unspecified atom stereocenters. The molecule has 3 rings (SSSR count). The third-order valence-electron chi connectivity index (χ3n) is 3.01. The lowest BCUT2D eigenvalue weighted by Gasteiger charge is -2.13. The van der Waals surface area contributed by atoms with E-state index in [4.69, 9.17) is 0 Å². The fourth-order valence-corrected chi connectivity index (χ4v) is 2.05. The zero-order valence-corrected chi connectivity index (χ0v) is 11.8. The average Bonchev–Trinajstić information content (AvgIpc) is 3.15. The summed E-state index contributed by atoms with van der Waals surface area (Å²) in [5, 5.41) is 7.02. The number of nitrogens with zero attached hydrogens (tertiary/aromatic N) is 6. The van der Waals surface area contributed by atoms with Gasteiger partial charge in [0.1, 0.15) is 25.0 Å². The van der Waals surface area contributed by atoms with Crippen LogP contribution in [0.2, 0.25) is 0 Å². The van der Waals surface area contributed by atoms with E-state index in [1.54, 1.807) is 18.3 Å². The van der Waals surface area contributed by atoms with Gasteiger partial charge in [-0.2, -0.15) is 18.3 Å². The minimum absolute atomic E-state index is 0.121. The van der Waals surface area contributed by atoms with Crippen molar-refractivity contribution in [3.8, 4) is 5.82 Å². The second-order valence-electron chi connectivity index (χ2n) is 4.65. The second kappa shape index (κ2) is 6.07. The maximum absolute atomic E-state index is 12.5. The summed E-state index contributed by atoms with van der Waals surface area (Å²) in [6.07, 6.45) is 2.78. The third-order valence-corrected chi connectivity index (χ3v) is 3.01. The topological polar surface area (TPSA) is 73.5 Å². The molecule has 0 aromatic carbocycles. The molecule has 3 aromatic rings. The smallest absolute Gasteiger partial charge is 0.375 e. The molecule has 120 valence electrons. The van der Waals surface area contributed by atoms with Gasteiger partial charge in [0.15, 0.2) is 5.82 Å². The number of hydrogen-bond acceptors (Lipinski definition) is 5. The number of anilines is 1. The number of nitrogens with one attached hydrogen (secondary N) is 1. The van der Waals surface area contributed by atoms with E-state index in [9.17, 15) is 13.2 Å². The fraction of sp³-hybridized carbons (Fsp3) is 0.231. The zero-order valence-electron chi connectivity index (χ0n) is 11.8. The summed E-state index contributed by atoms with van der Waals surface area (Å²) in [6.45, 7) is -0.955. The Bertz CT molecular complexity index is 764. The van der Waals surface area contributed by atoms with Gasteiger partial charge in [-0.15, -0.1) is 0 Å². The third kappa shape index (κ3) is 3.65. The van der Waals surface area contributed by atoms with Crippen LogP contribution in [0.5, 0.6) is 0 Å². The lowest BCUT2D eigenvalue weighted by molar-refractivity contribution is -0.141. The van der Waals surface area contributed by atoms with Gasteiger partial charge in [-0.05, 0) is 12.1 Å². The first kappa shape index (κ1) is 15.0. The van der Waals surface area contributed by atoms with Gasteiger partial charge in [0, 0.05) is 18.6 Å². The molecule has 0 aliphatic carbocycles. The van der Waals surface area contributed by atoms with E-state index in [-0.39, 0.29) is 12.4 Å². The van der Waals surface area contributed by atoms with Crippen molar-refractivity contribution in [2.24, 2.45) is 0 Å². The van der Waals surface area contributed by atoms with Crippen LogP contribution in [0.4, 0.5) is 18.9 Å². The van der Waals surface area contributed by atoms with E-state index in [1.807, 2.05) is 0 Å². The zero-order chi connectivity index (χ0) is 16.3. The summed E-state index contributed by atoms with van der Waals surface area (Å²) in [6, 6.07) is 3.46. The van der Waals surface area contributed by atoms with E-state index in [0.29, 0.717) is 11.5 Å². The van der Waals surface area contributed by atoms with Gasteiger partial charge < -0.3 is 9.88 Å². The fourth-order valence-electron chi connectivity index (χ4n) is 2.05. The van der Waals surface area contributed by atoms with Crippen molar-refractivity contribution in [1.82, 2.24) is 29.3 Å². The molecule has 0 saturated heterocycles. The highest BCUT2D eigenvalue weighted by Crippen LogP contribution is 2.20. The van der Waals surface area contributed by atoms with Crippen LogP contribution in [0.15, 0.2) is 43.4 Å². The number of rotatable bonds is 5. The van der Waals surface area contributed by atoms with Gasteiger partial charge in [-0.1, -0.05) is 0 Å². The minimum atomic E-state index is -4.30. The summed E-state index contributed by atoms with van der Waals surface area (Å²) in [4.78, 5) is 12.0. The van der Waals surface area contributed by atoms with E-state index in [1.165, 1.54) is 29.7 Å². The predicted octanol–water partition coefficient (Wildman–Crippen LogP) is 2.03.